The van der Waals surface area contributed by atoms with E-state index in [1.54, 1.807) is 5.57 Å². The Kier molecular flexibility index (Phi) is 5.18. The molecule has 1 spiro atoms. The number of aliphatic hydroxyl groups excluding tert-OH is 1. The van der Waals surface area contributed by atoms with Gasteiger partial charge in [0.05, 0.1) is 13.2 Å². The van der Waals surface area contributed by atoms with Gasteiger partial charge in [0.2, 0.25) is 0 Å². The van der Waals surface area contributed by atoms with Gasteiger partial charge < -0.3 is 14.6 Å². The molecule has 5 aliphatic carbocycles. The number of hydrogen-bond donors (Lipinski definition) is 1. The number of rotatable bonds is 1. The van der Waals surface area contributed by atoms with Crippen molar-refractivity contribution in [2.45, 2.75) is 112 Å². The molecule has 8 atom stereocenters. The molecular weight excluding hydrogens is 420 g/mol. The average molecular weight is 471 g/mol. The third-order valence-electron chi connectivity index (χ3n) is 13.7. The Morgan fingerprint density at radius 2 is 1.62 bits per heavy atom. The molecule has 3 heteroatoms. The molecule has 1 heterocycles. The highest BCUT2D eigenvalue weighted by Crippen LogP contribution is 2.76. The summed E-state index contributed by atoms with van der Waals surface area (Å²) in [6.07, 6.45) is 15.1. The second kappa shape index (κ2) is 7.35. The number of ether oxygens (including phenoxy) is 2. The van der Waals surface area contributed by atoms with Crippen LogP contribution in [0.1, 0.15) is 106 Å². The fourth-order valence-corrected chi connectivity index (χ4v) is 11.4. The monoisotopic (exact) mass is 470 g/mol. The molecule has 3 unspecified atom stereocenters. The summed E-state index contributed by atoms with van der Waals surface area (Å²) in [5, 5.41) is 10.6. The third kappa shape index (κ3) is 2.71. The topological polar surface area (TPSA) is 38.7 Å². The fraction of sp³-hybridized carbons (Fsp3) is 0.935. The second-order valence-corrected chi connectivity index (χ2v) is 14.9. The van der Waals surface area contributed by atoms with Crippen LogP contribution in [0.25, 0.3) is 0 Å². The van der Waals surface area contributed by atoms with Gasteiger partial charge in [-0.15, -0.1) is 0 Å². The maximum Gasteiger partial charge on any atom is 0.173 e. The quantitative estimate of drug-likeness (QED) is 0.414. The van der Waals surface area contributed by atoms with Crippen LogP contribution in [0.4, 0.5) is 0 Å². The van der Waals surface area contributed by atoms with Crippen molar-refractivity contribution in [3.63, 3.8) is 0 Å². The largest absolute Gasteiger partial charge is 0.396 e. The summed E-state index contributed by atoms with van der Waals surface area (Å²) < 4.78 is 12.8. The van der Waals surface area contributed by atoms with E-state index in [0.29, 0.717) is 35.2 Å². The predicted octanol–water partition coefficient (Wildman–Crippen LogP) is 7.13. The molecule has 1 N–H and O–H groups in total. The van der Waals surface area contributed by atoms with E-state index in [2.05, 4.69) is 47.6 Å². The first-order chi connectivity index (χ1) is 16.0. The standard InChI is InChI=1S/C31H50O3/c1-21-9-12-30(20-32)15-14-28(5)22(23(30)19-21)7-8-25-27(4)13-16-31(33-17-18-34-31)26(2,3)24(27)10-11-29(25,28)6/h7,21,23-25,32H,8-20H2,1-6H3/t21-,23-,24?,25?,27-,28-,29+,30?/m0/s1. The van der Waals surface area contributed by atoms with Crippen molar-refractivity contribution in [2.24, 2.45) is 50.7 Å². The molecule has 0 aromatic rings. The van der Waals surface area contributed by atoms with E-state index in [1.807, 2.05) is 0 Å². The molecule has 3 nitrogen and oxygen atoms in total. The third-order valence-corrected chi connectivity index (χ3v) is 13.7. The minimum Gasteiger partial charge on any atom is -0.396 e. The summed E-state index contributed by atoms with van der Waals surface area (Å²) in [4.78, 5) is 0. The molecule has 34 heavy (non-hydrogen) atoms. The lowest BCUT2D eigenvalue weighted by Gasteiger charge is -2.72. The Hall–Kier alpha value is -0.380. The van der Waals surface area contributed by atoms with Crippen LogP contribution in [0.3, 0.4) is 0 Å². The zero-order valence-electron chi connectivity index (χ0n) is 22.8. The lowest BCUT2D eigenvalue weighted by molar-refractivity contribution is -0.307. The van der Waals surface area contributed by atoms with Gasteiger partial charge in [-0.1, -0.05) is 59.6 Å². The molecule has 6 aliphatic rings. The molecule has 0 aromatic carbocycles. The van der Waals surface area contributed by atoms with Gasteiger partial charge in [0, 0.05) is 23.9 Å². The lowest BCUT2D eigenvalue weighted by Crippen LogP contribution is -2.67. The van der Waals surface area contributed by atoms with E-state index in [0.717, 1.165) is 25.6 Å². The number of hydrogen-bond acceptors (Lipinski definition) is 3. The first kappa shape index (κ1) is 24.0. The molecule has 0 amide bonds. The smallest absolute Gasteiger partial charge is 0.173 e. The molecule has 1 aliphatic heterocycles. The van der Waals surface area contributed by atoms with Crippen molar-refractivity contribution in [1.82, 2.24) is 0 Å². The summed E-state index contributed by atoms with van der Waals surface area (Å²) in [5.41, 5.74) is 2.88. The van der Waals surface area contributed by atoms with E-state index < -0.39 is 0 Å². The molecule has 192 valence electrons. The summed E-state index contributed by atoms with van der Waals surface area (Å²) in [6.45, 7) is 17.2. The maximum atomic E-state index is 10.6. The van der Waals surface area contributed by atoms with E-state index >= 15 is 0 Å². The first-order valence-electron chi connectivity index (χ1n) is 14.6. The molecule has 0 radical (unpaired) electrons. The number of fused-ring (bicyclic) bond motifs is 7. The second-order valence-electron chi connectivity index (χ2n) is 14.9. The number of allylic oxidation sites excluding steroid dienone is 2. The summed E-state index contributed by atoms with van der Waals surface area (Å²) >= 11 is 0. The van der Waals surface area contributed by atoms with Crippen LogP contribution in [0, 0.1) is 50.7 Å². The molecule has 0 bridgehead atoms. The van der Waals surface area contributed by atoms with Crippen molar-refractivity contribution in [3.05, 3.63) is 11.6 Å². The Balaban J connectivity index is 1.40. The Bertz CT molecular complexity index is 870. The molecule has 4 saturated carbocycles. The zero-order valence-corrected chi connectivity index (χ0v) is 22.8. The lowest BCUT2D eigenvalue weighted by atomic mass is 9.33. The highest BCUT2D eigenvalue weighted by Gasteiger charge is 2.70. The highest BCUT2D eigenvalue weighted by atomic mass is 16.7. The first-order valence-corrected chi connectivity index (χ1v) is 14.6. The SMILES string of the molecule is C[C@H]1CCC2(CO)CC[C@@]3(C)C(=CCC4[C@@]5(C)CCC6(OCCO6)C(C)(C)C5CC[C@]43C)[C@@H]2C1. The summed E-state index contributed by atoms with van der Waals surface area (Å²) in [5.74, 6) is 2.36. The summed E-state index contributed by atoms with van der Waals surface area (Å²) in [6, 6.07) is 0. The van der Waals surface area contributed by atoms with Gasteiger partial charge in [0.15, 0.2) is 5.79 Å². The highest BCUT2D eigenvalue weighted by molar-refractivity contribution is 5.33. The molecule has 6 rings (SSSR count). The van der Waals surface area contributed by atoms with Crippen LogP contribution < -0.4 is 0 Å². The van der Waals surface area contributed by atoms with E-state index in [1.165, 1.54) is 57.8 Å². The van der Waals surface area contributed by atoms with Crippen molar-refractivity contribution < 1.29 is 14.6 Å². The van der Waals surface area contributed by atoms with Crippen LogP contribution in [-0.4, -0.2) is 30.7 Å². The van der Waals surface area contributed by atoms with Crippen molar-refractivity contribution >= 4 is 0 Å². The Morgan fingerprint density at radius 1 is 0.882 bits per heavy atom. The van der Waals surface area contributed by atoms with Crippen LogP contribution in [0.5, 0.6) is 0 Å². The van der Waals surface area contributed by atoms with Gasteiger partial charge >= 0.3 is 0 Å². The zero-order chi connectivity index (χ0) is 24.2. The van der Waals surface area contributed by atoms with Crippen molar-refractivity contribution in [2.75, 3.05) is 19.8 Å². The Labute approximate surface area is 208 Å². The van der Waals surface area contributed by atoms with Crippen LogP contribution >= 0.6 is 0 Å². The van der Waals surface area contributed by atoms with E-state index in [-0.39, 0.29) is 22.0 Å². The van der Waals surface area contributed by atoms with Crippen molar-refractivity contribution in [1.29, 1.82) is 0 Å². The summed E-state index contributed by atoms with van der Waals surface area (Å²) in [7, 11) is 0. The minimum absolute atomic E-state index is 0.0418. The van der Waals surface area contributed by atoms with Crippen LogP contribution in [0.2, 0.25) is 0 Å². The van der Waals surface area contributed by atoms with Gasteiger partial charge in [-0.2, -0.15) is 0 Å². The fourth-order valence-electron chi connectivity index (χ4n) is 11.4. The van der Waals surface area contributed by atoms with Gasteiger partial charge in [-0.25, -0.2) is 0 Å². The molecular formula is C31H50O3. The Morgan fingerprint density at radius 3 is 2.32 bits per heavy atom. The average Bonchev–Trinajstić information content (AvgIpc) is 3.28. The minimum atomic E-state index is -0.367. The van der Waals surface area contributed by atoms with Gasteiger partial charge in [-0.3, -0.25) is 0 Å². The molecule has 1 saturated heterocycles. The van der Waals surface area contributed by atoms with Gasteiger partial charge in [0.1, 0.15) is 0 Å². The van der Waals surface area contributed by atoms with Crippen LogP contribution in [0.15, 0.2) is 11.6 Å². The van der Waals surface area contributed by atoms with E-state index in [9.17, 15) is 5.11 Å². The predicted molar refractivity (Wildman–Crippen MR) is 136 cm³/mol. The molecule has 5 fully saturated rings. The van der Waals surface area contributed by atoms with Crippen molar-refractivity contribution in [3.8, 4) is 0 Å². The van der Waals surface area contributed by atoms with Crippen LogP contribution in [-0.2, 0) is 9.47 Å². The van der Waals surface area contributed by atoms with Gasteiger partial charge in [0.25, 0.3) is 0 Å². The number of aliphatic hydroxyl groups is 1. The molecule has 0 aromatic heterocycles. The van der Waals surface area contributed by atoms with Gasteiger partial charge in [-0.05, 0) is 91.3 Å². The van der Waals surface area contributed by atoms with E-state index in [4.69, 9.17) is 9.47 Å². The maximum absolute atomic E-state index is 10.6. The normalized spacial score (nSPS) is 53.3.